The number of carbonyl (C=O) groups is 2. The normalized spacial score (nSPS) is 14.0. The second-order valence-electron chi connectivity index (χ2n) is 6.54. The van der Waals surface area contributed by atoms with Crippen LogP contribution in [0.4, 0.5) is 4.79 Å². The minimum atomic E-state index is -0.980. The third-order valence-corrected chi connectivity index (χ3v) is 4.93. The predicted molar refractivity (Wildman–Crippen MR) is 111 cm³/mol. The van der Waals surface area contributed by atoms with Gasteiger partial charge in [0, 0.05) is 37.8 Å². The van der Waals surface area contributed by atoms with Gasteiger partial charge in [-0.05, 0) is 30.0 Å². The van der Waals surface area contributed by atoms with Crippen LogP contribution in [0, 0.1) is 5.92 Å². The summed E-state index contributed by atoms with van der Waals surface area (Å²) in [6, 6.07) is 3.86. The number of thiol groups is 1. The molecule has 2 N–H and O–H groups in total. The van der Waals surface area contributed by atoms with E-state index in [1.807, 2.05) is 17.0 Å². The lowest BCUT2D eigenvalue weighted by atomic mass is 9.87. The highest BCUT2D eigenvalue weighted by Gasteiger charge is 2.17. The maximum atomic E-state index is 12.3. The maximum absolute atomic E-state index is 12.3. The quantitative estimate of drug-likeness (QED) is 0.445. The van der Waals surface area contributed by atoms with Gasteiger partial charge in [-0.1, -0.05) is 32.1 Å². The standard InChI is InChI=1S/C17H27N3OS.C2H3ClO2/c21-17(19-14-16-6-9-18-10-7-16)20(12-13-22)11-8-15-4-2-1-3-5-15;3-1-2(4)5/h6-7,9-10,15,22H,1-5,8,11-14H2,(H,19,21);1H2,(H,4,5). The number of halogens is 1. The minimum absolute atomic E-state index is 0.0154. The Kier molecular flexibility index (Phi) is 12.7. The Labute approximate surface area is 172 Å². The topological polar surface area (TPSA) is 82.5 Å². The fourth-order valence-electron chi connectivity index (χ4n) is 3.04. The van der Waals surface area contributed by atoms with Gasteiger partial charge in [-0.25, -0.2) is 4.79 Å². The first-order valence-corrected chi connectivity index (χ1v) is 10.5. The molecule has 2 amide bonds. The molecule has 1 aliphatic rings. The summed E-state index contributed by atoms with van der Waals surface area (Å²) in [5.41, 5.74) is 1.07. The second-order valence-corrected chi connectivity index (χ2v) is 7.26. The molecule has 0 aliphatic heterocycles. The molecule has 0 bridgehead atoms. The lowest BCUT2D eigenvalue weighted by molar-refractivity contribution is -0.134. The van der Waals surface area contributed by atoms with Crippen LogP contribution >= 0.6 is 24.2 Å². The van der Waals surface area contributed by atoms with E-state index in [2.05, 4.69) is 22.9 Å². The number of hydrogen-bond acceptors (Lipinski definition) is 4. The third kappa shape index (κ3) is 11.1. The van der Waals surface area contributed by atoms with Crippen molar-refractivity contribution < 1.29 is 14.7 Å². The molecule has 2 rings (SSSR count). The molecule has 27 heavy (non-hydrogen) atoms. The van der Waals surface area contributed by atoms with Crippen LogP contribution in [0.1, 0.15) is 44.1 Å². The van der Waals surface area contributed by atoms with E-state index >= 15 is 0 Å². The van der Waals surface area contributed by atoms with Gasteiger partial charge in [-0.3, -0.25) is 9.78 Å². The van der Waals surface area contributed by atoms with E-state index in [-0.39, 0.29) is 11.9 Å². The molecule has 1 saturated carbocycles. The number of alkyl halides is 1. The number of aliphatic carboxylic acids is 1. The number of rotatable bonds is 8. The molecule has 8 heteroatoms. The van der Waals surface area contributed by atoms with E-state index in [4.69, 9.17) is 16.7 Å². The maximum Gasteiger partial charge on any atom is 0.318 e. The zero-order valence-corrected chi connectivity index (χ0v) is 17.3. The Morgan fingerprint density at radius 2 is 1.85 bits per heavy atom. The summed E-state index contributed by atoms with van der Waals surface area (Å²) in [5, 5.41) is 10.6. The molecule has 1 aliphatic carbocycles. The van der Waals surface area contributed by atoms with E-state index < -0.39 is 5.97 Å². The Morgan fingerprint density at radius 3 is 2.41 bits per heavy atom. The molecule has 0 spiro atoms. The van der Waals surface area contributed by atoms with Crippen LogP contribution in [0.2, 0.25) is 0 Å². The second kappa shape index (κ2) is 14.6. The monoisotopic (exact) mass is 415 g/mol. The van der Waals surface area contributed by atoms with Gasteiger partial charge < -0.3 is 15.3 Å². The van der Waals surface area contributed by atoms with Crippen molar-refractivity contribution in [2.45, 2.75) is 45.1 Å². The summed E-state index contributed by atoms with van der Waals surface area (Å²) in [6.45, 7) is 2.10. The van der Waals surface area contributed by atoms with Gasteiger partial charge >= 0.3 is 12.0 Å². The van der Waals surface area contributed by atoms with Gasteiger partial charge in [-0.15, -0.1) is 11.6 Å². The van der Waals surface area contributed by atoms with Crippen molar-refractivity contribution in [3.05, 3.63) is 30.1 Å². The summed E-state index contributed by atoms with van der Waals surface area (Å²) < 4.78 is 0. The van der Waals surface area contributed by atoms with E-state index in [1.165, 1.54) is 32.1 Å². The molecular weight excluding hydrogens is 386 g/mol. The molecule has 0 atom stereocenters. The van der Waals surface area contributed by atoms with Crippen LogP contribution in [-0.2, 0) is 11.3 Å². The van der Waals surface area contributed by atoms with Crippen molar-refractivity contribution >= 4 is 36.2 Å². The van der Waals surface area contributed by atoms with Gasteiger partial charge in [-0.2, -0.15) is 12.6 Å². The molecule has 6 nitrogen and oxygen atoms in total. The average molecular weight is 416 g/mol. The average Bonchev–Trinajstić information content (AvgIpc) is 2.71. The summed E-state index contributed by atoms with van der Waals surface area (Å²) in [4.78, 5) is 27.5. The van der Waals surface area contributed by atoms with E-state index in [1.54, 1.807) is 12.4 Å². The lowest BCUT2D eigenvalue weighted by Gasteiger charge is -2.27. The molecule has 152 valence electrons. The van der Waals surface area contributed by atoms with Crippen molar-refractivity contribution in [3.63, 3.8) is 0 Å². The first kappa shape index (κ1) is 23.6. The predicted octanol–water partition coefficient (Wildman–Crippen LogP) is 3.80. The van der Waals surface area contributed by atoms with Gasteiger partial charge in [0.1, 0.15) is 5.88 Å². The number of pyridine rings is 1. The molecule has 1 heterocycles. The first-order chi connectivity index (χ1) is 13.1. The highest BCUT2D eigenvalue weighted by Crippen LogP contribution is 2.26. The van der Waals surface area contributed by atoms with Crippen molar-refractivity contribution in [2.75, 3.05) is 24.7 Å². The van der Waals surface area contributed by atoms with Gasteiger partial charge in [0.05, 0.1) is 0 Å². The molecule has 0 aromatic carbocycles. The van der Waals surface area contributed by atoms with E-state index in [9.17, 15) is 9.59 Å². The summed E-state index contributed by atoms with van der Waals surface area (Å²) >= 11 is 9.02. The zero-order chi connectivity index (χ0) is 19.9. The summed E-state index contributed by atoms with van der Waals surface area (Å²) in [5.74, 6) is 0.212. The first-order valence-electron chi connectivity index (χ1n) is 9.37. The summed E-state index contributed by atoms with van der Waals surface area (Å²) in [6.07, 6.45) is 11.4. The lowest BCUT2D eigenvalue weighted by Crippen LogP contribution is -2.41. The molecule has 0 radical (unpaired) electrons. The number of nitrogens with zero attached hydrogens (tertiary/aromatic N) is 2. The molecular formula is C19H30ClN3O3S. The summed E-state index contributed by atoms with van der Waals surface area (Å²) in [7, 11) is 0. The number of amides is 2. The van der Waals surface area contributed by atoms with Crippen LogP contribution in [0.15, 0.2) is 24.5 Å². The van der Waals surface area contributed by atoms with Crippen LogP contribution in [-0.4, -0.2) is 51.7 Å². The van der Waals surface area contributed by atoms with Crippen molar-refractivity contribution in [3.8, 4) is 0 Å². The van der Waals surface area contributed by atoms with Crippen LogP contribution in [0.3, 0.4) is 0 Å². The third-order valence-electron chi connectivity index (χ3n) is 4.50. The number of carboxylic acid groups (broad SMARTS) is 1. The number of carboxylic acids is 1. The largest absolute Gasteiger partial charge is 0.480 e. The Balaban J connectivity index is 0.000000646. The molecule has 1 aromatic rings. The van der Waals surface area contributed by atoms with Crippen molar-refractivity contribution in [2.24, 2.45) is 5.92 Å². The molecule has 1 aromatic heterocycles. The van der Waals surface area contributed by atoms with Gasteiger partial charge in [0.15, 0.2) is 0 Å². The molecule has 0 unspecified atom stereocenters. The Hall–Kier alpha value is -1.47. The van der Waals surface area contributed by atoms with Crippen LogP contribution in [0.5, 0.6) is 0 Å². The Morgan fingerprint density at radius 1 is 1.22 bits per heavy atom. The van der Waals surface area contributed by atoms with Gasteiger partial charge in [0.25, 0.3) is 0 Å². The highest BCUT2D eigenvalue weighted by atomic mass is 35.5. The van der Waals surface area contributed by atoms with Crippen molar-refractivity contribution in [1.82, 2.24) is 15.2 Å². The van der Waals surface area contributed by atoms with Gasteiger partial charge in [0.2, 0.25) is 0 Å². The van der Waals surface area contributed by atoms with Crippen LogP contribution in [0.25, 0.3) is 0 Å². The molecule has 0 saturated heterocycles. The SMILES string of the molecule is O=C(NCc1ccncc1)N(CCS)CCC1CCCCC1.O=C(O)CCl. The minimum Gasteiger partial charge on any atom is -0.480 e. The van der Waals surface area contributed by atoms with E-state index in [0.717, 1.165) is 24.4 Å². The van der Waals surface area contributed by atoms with E-state index in [0.29, 0.717) is 18.8 Å². The number of aromatic nitrogens is 1. The smallest absolute Gasteiger partial charge is 0.318 e. The fraction of sp³-hybridized carbons (Fsp3) is 0.632. The Bertz CT molecular complexity index is 542. The molecule has 1 fully saturated rings. The highest BCUT2D eigenvalue weighted by molar-refractivity contribution is 7.80. The van der Waals surface area contributed by atoms with Crippen LogP contribution < -0.4 is 5.32 Å². The number of hydrogen-bond donors (Lipinski definition) is 3. The fourth-order valence-corrected chi connectivity index (χ4v) is 3.28. The number of nitrogens with one attached hydrogen (secondary N) is 1. The zero-order valence-electron chi connectivity index (χ0n) is 15.6. The number of urea groups is 1. The number of carbonyl (C=O) groups excluding carboxylic acids is 1. The van der Waals surface area contributed by atoms with Crippen molar-refractivity contribution in [1.29, 1.82) is 0 Å².